The van der Waals surface area contributed by atoms with Crippen molar-refractivity contribution in [1.29, 1.82) is 0 Å². The first kappa shape index (κ1) is 21.0. The number of nitrogens with zero attached hydrogens (tertiary/aromatic N) is 1. The summed E-state index contributed by atoms with van der Waals surface area (Å²) < 4.78 is 37.1. The number of amides is 1. The standard InChI is InChI=1S/C21H26N2O5S/c1-15(2)27-17-8-6-7-16(13-17)14-22-21(24)20-11-12-23(29(3,25)26)18-9-4-5-10-19(18)28-20/h4-10,13,15,20H,11-12,14H2,1-3H3,(H,22,24)/t20-/m1/s1. The number of sulfonamides is 1. The van der Waals surface area contributed by atoms with Crippen molar-refractivity contribution in [3.05, 3.63) is 54.1 Å². The number of fused-ring (bicyclic) bond motifs is 1. The second kappa shape index (κ2) is 8.73. The average Bonchev–Trinajstić information content (AvgIpc) is 2.85. The van der Waals surface area contributed by atoms with Crippen LogP contribution in [0.1, 0.15) is 25.8 Å². The van der Waals surface area contributed by atoms with Crippen LogP contribution in [0.4, 0.5) is 5.69 Å². The fraction of sp³-hybridized carbons (Fsp3) is 0.381. The van der Waals surface area contributed by atoms with Crippen molar-refractivity contribution in [2.75, 3.05) is 17.1 Å². The molecule has 8 heteroatoms. The van der Waals surface area contributed by atoms with Gasteiger partial charge in [0.05, 0.1) is 18.0 Å². The summed E-state index contributed by atoms with van der Waals surface area (Å²) in [5.74, 6) is 0.837. The van der Waals surface area contributed by atoms with E-state index in [0.29, 0.717) is 18.0 Å². The van der Waals surface area contributed by atoms with Crippen molar-refractivity contribution >= 4 is 21.6 Å². The van der Waals surface area contributed by atoms with Gasteiger partial charge in [0.1, 0.15) is 11.5 Å². The fourth-order valence-corrected chi connectivity index (χ4v) is 4.11. The SMILES string of the molecule is CC(C)Oc1cccc(CNC(=O)[C@H]2CCN(S(C)(=O)=O)c3ccccc3O2)c1. The van der Waals surface area contributed by atoms with Crippen molar-refractivity contribution in [3.63, 3.8) is 0 Å². The molecule has 1 N–H and O–H groups in total. The van der Waals surface area contributed by atoms with Crippen molar-refractivity contribution in [3.8, 4) is 11.5 Å². The lowest BCUT2D eigenvalue weighted by Gasteiger charge is -2.20. The number of carbonyl (C=O) groups excluding carboxylic acids is 1. The number of benzene rings is 2. The molecular formula is C21H26N2O5S. The largest absolute Gasteiger partial charge is 0.491 e. The molecule has 1 aliphatic heterocycles. The highest BCUT2D eigenvalue weighted by Crippen LogP contribution is 2.33. The molecule has 0 saturated carbocycles. The van der Waals surface area contributed by atoms with Gasteiger partial charge < -0.3 is 14.8 Å². The van der Waals surface area contributed by atoms with Crippen LogP contribution in [-0.2, 0) is 21.4 Å². The quantitative estimate of drug-likeness (QED) is 0.780. The maximum Gasteiger partial charge on any atom is 0.261 e. The zero-order valence-corrected chi connectivity index (χ0v) is 17.6. The van der Waals surface area contributed by atoms with Gasteiger partial charge in [0.15, 0.2) is 6.10 Å². The molecule has 0 spiro atoms. The van der Waals surface area contributed by atoms with Gasteiger partial charge in [-0.25, -0.2) is 8.42 Å². The molecule has 2 aromatic rings. The third-order valence-electron chi connectivity index (χ3n) is 4.43. The molecule has 7 nitrogen and oxygen atoms in total. The van der Waals surface area contributed by atoms with Gasteiger partial charge in [-0.05, 0) is 43.7 Å². The normalized spacial score (nSPS) is 16.6. The van der Waals surface area contributed by atoms with Gasteiger partial charge >= 0.3 is 0 Å². The minimum atomic E-state index is -3.47. The van der Waals surface area contributed by atoms with Crippen LogP contribution < -0.4 is 19.1 Å². The lowest BCUT2D eigenvalue weighted by atomic mass is 10.2. The Morgan fingerprint density at radius 3 is 2.72 bits per heavy atom. The molecule has 0 radical (unpaired) electrons. The van der Waals surface area contributed by atoms with Gasteiger partial charge in [0.2, 0.25) is 10.0 Å². The molecular weight excluding hydrogens is 392 g/mol. The van der Waals surface area contributed by atoms with Crippen LogP contribution in [-0.4, -0.2) is 39.3 Å². The summed E-state index contributed by atoms with van der Waals surface area (Å²) in [6.45, 7) is 4.40. The lowest BCUT2D eigenvalue weighted by Crippen LogP contribution is -2.39. The number of carbonyl (C=O) groups is 1. The van der Waals surface area contributed by atoms with E-state index >= 15 is 0 Å². The van der Waals surface area contributed by atoms with E-state index in [4.69, 9.17) is 9.47 Å². The van der Waals surface area contributed by atoms with Crippen LogP contribution in [0.25, 0.3) is 0 Å². The Balaban J connectivity index is 1.69. The lowest BCUT2D eigenvalue weighted by molar-refractivity contribution is -0.128. The van der Waals surface area contributed by atoms with Gasteiger partial charge in [-0.2, -0.15) is 0 Å². The van der Waals surface area contributed by atoms with Crippen LogP contribution in [0, 0.1) is 0 Å². The molecule has 0 aromatic heterocycles. The Morgan fingerprint density at radius 1 is 1.24 bits per heavy atom. The van der Waals surface area contributed by atoms with E-state index in [9.17, 15) is 13.2 Å². The Kier molecular flexibility index (Phi) is 6.32. The Morgan fingerprint density at radius 2 is 2.00 bits per heavy atom. The molecule has 1 amide bonds. The predicted octanol–water partition coefficient (Wildman–Crippen LogP) is 2.71. The molecule has 1 aliphatic rings. The summed E-state index contributed by atoms with van der Waals surface area (Å²) in [6.07, 6.45) is 0.690. The second-order valence-corrected chi connectivity index (χ2v) is 9.14. The van der Waals surface area contributed by atoms with Crippen LogP contribution in [0.5, 0.6) is 11.5 Å². The number of para-hydroxylation sites is 2. The van der Waals surface area contributed by atoms with Gasteiger partial charge in [0, 0.05) is 19.5 Å². The van der Waals surface area contributed by atoms with Crippen LogP contribution >= 0.6 is 0 Å². The number of nitrogens with one attached hydrogen (secondary N) is 1. The highest BCUT2D eigenvalue weighted by atomic mass is 32.2. The van der Waals surface area contributed by atoms with E-state index in [1.807, 2.05) is 38.1 Å². The first-order valence-electron chi connectivity index (χ1n) is 9.51. The molecule has 156 valence electrons. The Hall–Kier alpha value is -2.74. The number of ether oxygens (including phenoxy) is 2. The number of hydrogen-bond donors (Lipinski definition) is 1. The monoisotopic (exact) mass is 418 g/mol. The van der Waals surface area contributed by atoms with E-state index in [-0.39, 0.29) is 25.0 Å². The third-order valence-corrected chi connectivity index (χ3v) is 5.61. The molecule has 2 aromatic carbocycles. The molecule has 1 atom stereocenters. The summed E-state index contributed by atoms with van der Waals surface area (Å²) in [7, 11) is -3.47. The minimum absolute atomic E-state index is 0.0667. The van der Waals surface area contributed by atoms with Crippen molar-refractivity contribution in [2.45, 2.75) is 39.0 Å². The van der Waals surface area contributed by atoms with E-state index < -0.39 is 16.1 Å². The highest BCUT2D eigenvalue weighted by molar-refractivity contribution is 7.92. The van der Waals surface area contributed by atoms with Gasteiger partial charge in [-0.15, -0.1) is 0 Å². The van der Waals surface area contributed by atoms with E-state index in [1.54, 1.807) is 24.3 Å². The van der Waals surface area contributed by atoms with Crippen molar-refractivity contribution < 1.29 is 22.7 Å². The first-order valence-corrected chi connectivity index (χ1v) is 11.4. The smallest absolute Gasteiger partial charge is 0.261 e. The van der Waals surface area contributed by atoms with E-state index in [1.165, 1.54) is 4.31 Å². The van der Waals surface area contributed by atoms with Crippen LogP contribution in [0.3, 0.4) is 0 Å². The summed E-state index contributed by atoms with van der Waals surface area (Å²) in [5, 5.41) is 2.87. The Labute approximate surface area is 171 Å². The number of hydrogen-bond acceptors (Lipinski definition) is 5. The molecule has 0 aliphatic carbocycles. The molecule has 3 rings (SSSR count). The van der Waals surface area contributed by atoms with E-state index in [0.717, 1.165) is 17.6 Å². The third kappa shape index (κ3) is 5.41. The van der Waals surface area contributed by atoms with Crippen LogP contribution in [0.15, 0.2) is 48.5 Å². The average molecular weight is 419 g/mol. The molecule has 1 heterocycles. The summed E-state index contributed by atoms with van der Waals surface area (Å²) in [5.41, 5.74) is 1.35. The van der Waals surface area contributed by atoms with Gasteiger partial charge in [0.25, 0.3) is 5.91 Å². The van der Waals surface area contributed by atoms with Gasteiger partial charge in [-0.3, -0.25) is 9.10 Å². The summed E-state index contributed by atoms with van der Waals surface area (Å²) in [6, 6.07) is 14.4. The first-order chi connectivity index (χ1) is 13.7. The topological polar surface area (TPSA) is 84.9 Å². The molecule has 29 heavy (non-hydrogen) atoms. The summed E-state index contributed by atoms with van der Waals surface area (Å²) in [4.78, 5) is 12.7. The van der Waals surface area contributed by atoms with Crippen LogP contribution in [0.2, 0.25) is 0 Å². The molecule has 0 fully saturated rings. The highest BCUT2D eigenvalue weighted by Gasteiger charge is 2.30. The summed E-state index contributed by atoms with van der Waals surface area (Å²) >= 11 is 0. The van der Waals surface area contributed by atoms with Crippen molar-refractivity contribution in [2.24, 2.45) is 0 Å². The maximum atomic E-state index is 12.7. The van der Waals surface area contributed by atoms with E-state index in [2.05, 4.69) is 5.32 Å². The fourth-order valence-electron chi connectivity index (χ4n) is 3.16. The zero-order chi connectivity index (χ0) is 21.0. The molecule has 0 bridgehead atoms. The number of anilines is 1. The molecule has 0 saturated heterocycles. The zero-order valence-electron chi connectivity index (χ0n) is 16.8. The number of rotatable bonds is 6. The Bertz CT molecular complexity index is 975. The predicted molar refractivity (Wildman–Crippen MR) is 112 cm³/mol. The second-order valence-electron chi connectivity index (χ2n) is 7.23. The van der Waals surface area contributed by atoms with Crippen molar-refractivity contribution in [1.82, 2.24) is 5.32 Å². The minimum Gasteiger partial charge on any atom is -0.491 e. The molecule has 0 unspecified atom stereocenters. The maximum absolute atomic E-state index is 12.7. The van der Waals surface area contributed by atoms with Gasteiger partial charge in [-0.1, -0.05) is 24.3 Å².